The fourth-order valence-corrected chi connectivity index (χ4v) is 2.71. The van der Waals surface area contributed by atoms with E-state index < -0.39 is 0 Å². The van der Waals surface area contributed by atoms with Crippen LogP contribution in [0.1, 0.15) is 44.7 Å². The van der Waals surface area contributed by atoms with Crippen LogP contribution in [-0.2, 0) is 0 Å². The summed E-state index contributed by atoms with van der Waals surface area (Å²) in [6.07, 6.45) is 5.24. The molecule has 1 aromatic carbocycles. The maximum atomic E-state index is 12.1. The number of ether oxygens (including phenoxy) is 1. The normalized spacial score (nSPS) is 10.9. The van der Waals surface area contributed by atoms with Gasteiger partial charge in [-0.05, 0) is 49.1 Å². The summed E-state index contributed by atoms with van der Waals surface area (Å²) in [5.74, 6) is 1.03. The first-order valence-corrected chi connectivity index (χ1v) is 8.25. The Morgan fingerprint density at radius 1 is 1.24 bits per heavy atom. The van der Waals surface area contributed by atoms with Gasteiger partial charge in [-0.2, -0.15) is 4.98 Å². The fraction of sp³-hybridized carbons (Fsp3) is 0.250. The molecule has 0 fully saturated rings. The summed E-state index contributed by atoms with van der Waals surface area (Å²) in [5, 5.41) is 0.489. The molecule has 5 heteroatoms. The second-order valence-corrected chi connectivity index (χ2v) is 6.53. The van der Waals surface area contributed by atoms with E-state index in [0.29, 0.717) is 22.6 Å². The Morgan fingerprint density at radius 2 is 2.04 bits per heavy atom. The number of aromatic nitrogens is 3. The molecule has 0 saturated heterocycles. The van der Waals surface area contributed by atoms with Crippen LogP contribution in [0.5, 0.6) is 11.8 Å². The van der Waals surface area contributed by atoms with Gasteiger partial charge >= 0.3 is 6.01 Å². The standard InChI is InChI=1S/C20H21N3O2/c1-12(2)9-14-10-15(5-6-16(14)13(3)4)25-20-22-18-11-21-8-7-17(18)19(24)23-20/h5-11,13H,1-4H3,(H,22,23,24). The first-order valence-electron chi connectivity index (χ1n) is 8.25. The van der Waals surface area contributed by atoms with Crippen LogP contribution in [0.2, 0.25) is 0 Å². The molecule has 25 heavy (non-hydrogen) atoms. The topological polar surface area (TPSA) is 67.9 Å². The van der Waals surface area contributed by atoms with Crippen LogP contribution in [0.15, 0.2) is 47.0 Å². The minimum absolute atomic E-state index is 0.158. The molecule has 128 valence electrons. The van der Waals surface area contributed by atoms with E-state index in [-0.39, 0.29) is 11.6 Å². The van der Waals surface area contributed by atoms with Crippen molar-refractivity contribution in [1.29, 1.82) is 0 Å². The number of pyridine rings is 1. The van der Waals surface area contributed by atoms with Crippen molar-refractivity contribution in [2.24, 2.45) is 0 Å². The molecule has 0 aliphatic rings. The van der Waals surface area contributed by atoms with Gasteiger partial charge in [0.05, 0.1) is 17.1 Å². The number of nitrogens with zero attached hydrogens (tertiary/aromatic N) is 2. The zero-order chi connectivity index (χ0) is 18.0. The van der Waals surface area contributed by atoms with Gasteiger partial charge in [-0.1, -0.05) is 31.6 Å². The van der Waals surface area contributed by atoms with Crippen LogP contribution in [0.25, 0.3) is 17.0 Å². The Hall–Kier alpha value is -2.95. The predicted octanol–water partition coefficient (Wildman–Crippen LogP) is 4.66. The van der Waals surface area contributed by atoms with Crippen LogP contribution < -0.4 is 10.3 Å². The molecule has 0 aliphatic carbocycles. The molecular weight excluding hydrogens is 314 g/mol. The van der Waals surface area contributed by atoms with Crippen LogP contribution in [0.3, 0.4) is 0 Å². The van der Waals surface area contributed by atoms with E-state index in [1.807, 2.05) is 12.1 Å². The highest BCUT2D eigenvalue weighted by molar-refractivity contribution is 5.76. The lowest BCUT2D eigenvalue weighted by molar-refractivity contribution is 0.442. The molecule has 0 unspecified atom stereocenters. The van der Waals surface area contributed by atoms with E-state index in [9.17, 15) is 4.79 Å². The number of fused-ring (bicyclic) bond motifs is 1. The van der Waals surface area contributed by atoms with E-state index >= 15 is 0 Å². The minimum atomic E-state index is -0.245. The SMILES string of the molecule is CC(C)=Cc1cc(Oc2nc3cnccc3c(=O)[nH]2)ccc1C(C)C. The summed E-state index contributed by atoms with van der Waals surface area (Å²) < 4.78 is 5.80. The third-order valence-electron chi connectivity index (χ3n) is 3.83. The highest BCUT2D eigenvalue weighted by Crippen LogP contribution is 2.28. The average molecular weight is 335 g/mol. The molecular formula is C20H21N3O2. The molecule has 0 saturated carbocycles. The van der Waals surface area contributed by atoms with E-state index in [1.54, 1.807) is 18.5 Å². The van der Waals surface area contributed by atoms with E-state index in [1.165, 1.54) is 11.1 Å². The van der Waals surface area contributed by atoms with Crippen LogP contribution in [-0.4, -0.2) is 15.0 Å². The van der Waals surface area contributed by atoms with Crippen LogP contribution in [0.4, 0.5) is 0 Å². The summed E-state index contributed by atoms with van der Waals surface area (Å²) in [6, 6.07) is 7.71. The zero-order valence-electron chi connectivity index (χ0n) is 14.8. The van der Waals surface area contributed by atoms with Gasteiger partial charge in [0.1, 0.15) is 5.75 Å². The Morgan fingerprint density at radius 3 is 2.76 bits per heavy atom. The van der Waals surface area contributed by atoms with E-state index in [4.69, 9.17) is 4.74 Å². The van der Waals surface area contributed by atoms with Gasteiger partial charge in [-0.3, -0.25) is 14.8 Å². The number of aromatic amines is 1. The average Bonchev–Trinajstić information content (AvgIpc) is 2.54. The summed E-state index contributed by atoms with van der Waals surface area (Å²) in [7, 11) is 0. The van der Waals surface area contributed by atoms with Crippen molar-refractivity contribution in [3.63, 3.8) is 0 Å². The second kappa shape index (κ2) is 6.89. The van der Waals surface area contributed by atoms with Crippen LogP contribution >= 0.6 is 0 Å². The summed E-state index contributed by atoms with van der Waals surface area (Å²) in [6.45, 7) is 8.45. The molecule has 5 nitrogen and oxygen atoms in total. The first kappa shape index (κ1) is 16.9. The predicted molar refractivity (Wildman–Crippen MR) is 100 cm³/mol. The molecule has 3 rings (SSSR count). The number of nitrogens with one attached hydrogen (secondary N) is 1. The lowest BCUT2D eigenvalue weighted by Crippen LogP contribution is -2.09. The Bertz CT molecular complexity index is 999. The van der Waals surface area contributed by atoms with Gasteiger partial charge in [0.15, 0.2) is 0 Å². The highest BCUT2D eigenvalue weighted by Gasteiger charge is 2.09. The molecule has 0 atom stereocenters. The molecule has 2 heterocycles. The molecule has 0 bridgehead atoms. The first-order chi connectivity index (χ1) is 11.9. The Kier molecular flexibility index (Phi) is 4.65. The summed E-state index contributed by atoms with van der Waals surface area (Å²) >= 11 is 0. The lowest BCUT2D eigenvalue weighted by Gasteiger charge is -2.13. The minimum Gasteiger partial charge on any atom is -0.426 e. The maximum Gasteiger partial charge on any atom is 0.302 e. The molecule has 2 aromatic heterocycles. The van der Waals surface area contributed by atoms with E-state index in [0.717, 1.165) is 5.56 Å². The third kappa shape index (κ3) is 3.76. The van der Waals surface area contributed by atoms with Crippen molar-refractivity contribution in [3.05, 3.63) is 63.7 Å². The second-order valence-electron chi connectivity index (χ2n) is 6.53. The number of hydrogen-bond acceptors (Lipinski definition) is 4. The molecule has 3 aromatic rings. The van der Waals surface area contributed by atoms with Crippen molar-refractivity contribution in [3.8, 4) is 11.8 Å². The highest BCUT2D eigenvalue weighted by atomic mass is 16.5. The van der Waals surface area contributed by atoms with Crippen molar-refractivity contribution < 1.29 is 4.74 Å². The van der Waals surface area contributed by atoms with Crippen LogP contribution in [0, 0.1) is 0 Å². The molecule has 0 amide bonds. The van der Waals surface area contributed by atoms with E-state index in [2.05, 4.69) is 54.8 Å². The molecule has 0 spiro atoms. The molecule has 0 aliphatic heterocycles. The zero-order valence-corrected chi connectivity index (χ0v) is 14.8. The fourth-order valence-electron chi connectivity index (χ4n) is 2.71. The van der Waals surface area contributed by atoms with Gasteiger partial charge in [0.2, 0.25) is 0 Å². The molecule has 1 N–H and O–H groups in total. The monoisotopic (exact) mass is 335 g/mol. The largest absolute Gasteiger partial charge is 0.426 e. The number of benzene rings is 1. The van der Waals surface area contributed by atoms with Gasteiger partial charge in [0.25, 0.3) is 5.56 Å². The van der Waals surface area contributed by atoms with Crippen molar-refractivity contribution in [1.82, 2.24) is 15.0 Å². The van der Waals surface area contributed by atoms with Gasteiger partial charge in [-0.25, -0.2) is 0 Å². The number of rotatable bonds is 4. The quantitative estimate of drug-likeness (QED) is 0.753. The lowest BCUT2D eigenvalue weighted by atomic mass is 9.96. The Labute approximate surface area is 146 Å². The Balaban J connectivity index is 2.01. The van der Waals surface area contributed by atoms with Crippen molar-refractivity contribution >= 4 is 17.0 Å². The number of hydrogen-bond donors (Lipinski definition) is 1. The summed E-state index contributed by atoms with van der Waals surface area (Å²) in [4.78, 5) is 23.1. The van der Waals surface area contributed by atoms with Gasteiger partial charge in [0, 0.05) is 6.20 Å². The van der Waals surface area contributed by atoms with Gasteiger partial charge in [-0.15, -0.1) is 0 Å². The maximum absolute atomic E-state index is 12.1. The number of H-pyrrole nitrogens is 1. The van der Waals surface area contributed by atoms with Crippen molar-refractivity contribution in [2.75, 3.05) is 0 Å². The van der Waals surface area contributed by atoms with Gasteiger partial charge < -0.3 is 4.74 Å². The molecule has 0 radical (unpaired) electrons. The smallest absolute Gasteiger partial charge is 0.302 e. The third-order valence-corrected chi connectivity index (χ3v) is 3.83. The number of allylic oxidation sites excluding steroid dienone is 1. The summed E-state index contributed by atoms with van der Waals surface area (Å²) in [5.41, 5.74) is 3.83. The van der Waals surface area contributed by atoms with Crippen molar-refractivity contribution in [2.45, 2.75) is 33.6 Å².